The van der Waals surface area contributed by atoms with Crippen molar-refractivity contribution < 1.29 is 4.42 Å². The van der Waals surface area contributed by atoms with E-state index in [-0.39, 0.29) is 0 Å². The molecule has 2 heterocycles. The van der Waals surface area contributed by atoms with Gasteiger partial charge >= 0.3 is 0 Å². The fourth-order valence-electron chi connectivity index (χ4n) is 1.49. The van der Waals surface area contributed by atoms with Crippen molar-refractivity contribution in [3.63, 3.8) is 0 Å². The molecule has 0 saturated carbocycles. The van der Waals surface area contributed by atoms with Crippen molar-refractivity contribution in [2.24, 2.45) is 0 Å². The molecule has 15 heavy (non-hydrogen) atoms. The van der Waals surface area contributed by atoms with Gasteiger partial charge in [0.15, 0.2) is 16.4 Å². The minimum absolute atomic E-state index is 0.627. The molecule has 2 rings (SSSR count). The molecule has 0 bridgehead atoms. The summed E-state index contributed by atoms with van der Waals surface area (Å²) in [5.41, 5.74) is 0. The van der Waals surface area contributed by atoms with Crippen LogP contribution in [0.25, 0.3) is 11.6 Å². The van der Waals surface area contributed by atoms with Crippen LogP contribution in [-0.2, 0) is 13.0 Å². The van der Waals surface area contributed by atoms with Gasteiger partial charge in [-0.1, -0.05) is 6.92 Å². The molecule has 0 saturated heterocycles. The lowest BCUT2D eigenvalue weighted by Crippen LogP contribution is -1.96. The molecular formula is C10H13N3OS. The van der Waals surface area contributed by atoms with Crippen LogP contribution < -0.4 is 0 Å². The summed E-state index contributed by atoms with van der Waals surface area (Å²) in [7, 11) is 0. The molecule has 0 spiro atoms. The Morgan fingerprint density at radius 2 is 2.27 bits per heavy atom. The third kappa shape index (κ3) is 1.74. The molecule has 0 unspecified atom stereocenters. The molecular weight excluding hydrogens is 210 g/mol. The Hall–Kier alpha value is -1.36. The molecule has 0 aromatic carbocycles. The first-order chi connectivity index (χ1) is 7.26. The first-order valence-electron chi connectivity index (χ1n) is 5.00. The minimum Gasteiger partial charge on any atom is -0.458 e. The molecule has 0 aliphatic carbocycles. The monoisotopic (exact) mass is 223 g/mol. The second kappa shape index (κ2) is 4.02. The molecule has 0 fully saturated rings. The van der Waals surface area contributed by atoms with Crippen molar-refractivity contribution >= 4 is 12.2 Å². The molecule has 5 heteroatoms. The third-order valence-corrected chi connectivity index (χ3v) is 2.62. The Morgan fingerprint density at radius 3 is 2.87 bits per heavy atom. The number of hydrogen-bond acceptors (Lipinski definition) is 3. The third-order valence-electron chi connectivity index (χ3n) is 2.30. The molecule has 0 aliphatic rings. The molecule has 80 valence electrons. The average molecular weight is 223 g/mol. The Morgan fingerprint density at radius 1 is 1.47 bits per heavy atom. The maximum absolute atomic E-state index is 5.63. The molecule has 4 nitrogen and oxygen atoms in total. The van der Waals surface area contributed by atoms with Gasteiger partial charge in [0, 0.05) is 13.0 Å². The maximum Gasteiger partial charge on any atom is 0.198 e. The minimum atomic E-state index is 0.627. The summed E-state index contributed by atoms with van der Waals surface area (Å²) in [6.45, 7) is 4.87. The van der Waals surface area contributed by atoms with Crippen LogP contribution in [0.2, 0.25) is 0 Å². The highest BCUT2D eigenvalue weighted by Gasteiger charge is 2.11. The van der Waals surface area contributed by atoms with Crippen molar-refractivity contribution in [2.75, 3.05) is 0 Å². The van der Waals surface area contributed by atoms with Crippen LogP contribution in [0.4, 0.5) is 0 Å². The van der Waals surface area contributed by atoms with E-state index in [0.717, 1.165) is 30.3 Å². The van der Waals surface area contributed by atoms with Crippen LogP contribution in [0.1, 0.15) is 19.6 Å². The number of aromatic nitrogens is 3. The van der Waals surface area contributed by atoms with Gasteiger partial charge in [-0.3, -0.25) is 9.67 Å². The van der Waals surface area contributed by atoms with E-state index in [9.17, 15) is 0 Å². The van der Waals surface area contributed by atoms with Gasteiger partial charge in [0.2, 0.25) is 0 Å². The van der Waals surface area contributed by atoms with E-state index < -0.39 is 0 Å². The normalized spacial score (nSPS) is 10.8. The van der Waals surface area contributed by atoms with Crippen LogP contribution in [0.15, 0.2) is 16.5 Å². The highest BCUT2D eigenvalue weighted by molar-refractivity contribution is 7.71. The molecule has 2 aromatic heterocycles. The number of furan rings is 1. The smallest absolute Gasteiger partial charge is 0.198 e. The summed E-state index contributed by atoms with van der Waals surface area (Å²) in [4.78, 5) is 0. The van der Waals surface area contributed by atoms with E-state index in [4.69, 9.17) is 16.6 Å². The zero-order chi connectivity index (χ0) is 10.8. The van der Waals surface area contributed by atoms with E-state index in [1.165, 1.54) is 0 Å². The number of nitrogens with zero attached hydrogens (tertiary/aromatic N) is 2. The van der Waals surface area contributed by atoms with Gasteiger partial charge in [-0.05, 0) is 31.3 Å². The van der Waals surface area contributed by atoms with Gasteiger partial charge in [0.05, 0.1) is 0 Å². The van der Waals surface area contributed by atoms with Gasteiger partial charge in [-0.2, -0.15) is 5.10 Å². The predicted molar refractivity (Wildman–Crippen MR) is 60.2 cm³/mol. The predicted octanol–water partition coefficient (Wildman–Crippen LogP) is 2.78. The standard InChI is InChI=1S/C10H13N3OS/c1-3-7-5-6-8(14-7)9-11-12-10(15)13(9)4-2/h5-6H,3-4H2,1-2H3,(H,12,15). The molecule has 2 aromatic rings. The summed E-state index contributed by atoms with van der Waals surface area (Å²) >= 11 is 5.11. The van der Waals surface area contributed by atoms with Crippen molar-refractivity contribution in [1.29, 1.82) is 0 Å². The molecule has 0 amide bonds. The number of aromatic amines is 1. The lowest BCUT2D eigenvalue weighted by atomic mass is 10.3. The van der Waals surface area contributed by atoms with Gasteiger partial charge < -0.3 is 4.42 Å². The maximum atomic E-state index is 5.63. The van der Waals surface area contributed by atoms with E-state index in [1.54, 1.807) is 0 Å². The summed E-state index contributed by atoms with van der Waals surface area (Å²) < 4.78 is 8.16. The Bertz CT molecular complexity index is 509. The highest BCUT2D eigenvalue weighted by Crippen LogP contribution is 2.20. The number of H-pyrrole nitrogens is 1. The van der Waals surface area contributed by atoms with Crippen molar-refractivity contribution in [2.45, 2.75) is 26.8 Å². The van der Waals surface area contributed by atoms with E-state index in [0.29, 0.717) is 4.77 Å². The molecule has 0 atom stereocenters. The first kappa shape index (κ1) is 10.2. The molecule has 0 aliphatic heterocycles. The topological polar surface area (TPSA) is 46.8 Å². The fourth-order valence-corrected chi connectivity index (χ4v) is 1.75. The van der Waals surface area contributed by atoms with Crippen molar-refractivity contribution in [3.05, 3.63) is 22.7 Å². The van der Waals surface area contributed by atoms with E-state index in [1.807, 2.05) is 23.6 Å². The first-order valence-corrected chi connectivity index (χ1v) is 5.41. The lowest BCUT2D eigenvalue weighted by molar-refractivity contribution is 0.521. The number of aryl methyl sites for hydroxylation is 1. The number of hydrogen-bond donors (Lipinski definition) is 1. The van der Waals surface area contributed by atoms with Crippen LogP contribution in [0.5, 0.6) is 0 Å². The summed E-state index contributed by atoms with van der Waals surface area (Å²) in [6.07, 6.45) is 0.886. The number of rotatable bonds is 3. The van der Waals surface area contributed by atoms with Gasteiger partial charge in [-0.25, -0.2) is 0 Å². The van der Waals surface area contributed by atoms with Gasteiger partial charge in [0.1, 0.15) is 5.76 Å². The summed E-state index contributed by atoms with van der Waals surface area (Å²) in [6, 6.07) is 3.89. The van der Waals surface area contributed by atoms with Crippen molar-refractivity contribution in [1.82, 2.24) is 14.8 Å². The number of nitrogens with one attached hydrogen (secondary N) is 1. The SMILES string of the molecule is CCc1ccc(-c2n[nH]c(=S)n2CC)o1. The largest absolute Gasteiger partial charge is 0.458 e. The Labute approximate surface area is 92.9 Å². The fraction of sp³-hybridized carbons (Fsp3) is 0.400. The highest BCUT2D eigenvalue weighted by atomic mass is 32.1. The average Bonchev–Trinajstić information content (AvgIpc) is 2.83. The van der Waals surface area contributed by atoms with E-state index >= 15 is 0 Å². The van der Waals surface area contributed by atoms with Crippen molar-refractivity contribution in [3.8, 4) is 11.6 Å². The quantitative estimate of drug-likeness (QED) is 0.814. The second-order valence-corrected chi connectivity index (χ2v) is 3.60. The second-order valence-electron chi connectivity index (χ2n) is 3.22. The lowest BCUT2D eigenvalue weighted by Gasteiger charge is -1.99. The Kier molecular flexibility index (Phi) is 2.73. The van der Waals surface area contributed by atoms with Crippen LogP contribution in [0.3, 0.4) is 0 Å². The Balaban J connectivity index is 2.48. The van der Waals surface area contributed by atoms with Crippen LogP contribution in [0, 0.1) is 4.77 Å². The summed E-state index contributed by atoms with van der Waals surface area (Å²) in [5.74, 6) is 2.49. The summed E-state index contributed by atoms with van der Waals surface area (Å²) in [5, 5.41) is 6.93. The van der Waals surface area contributed by atoms with Crippen LogP contribution >= 0.6 is 12.2 Å². The van der Waals surface area contributed by atoms with Gasteiger partial charge in [0.25, 0.3) is 0 Å². The zero-order valence-corrected chi connectivity index (χ0v) is 9.60. The van der Waals surface area contributed by atoms with Crippen LogP contribution in [-0.4, -0.2) is 14.8 Å². The van der Waals surface area contributed by atoms with Gasteiger partial charge in [-0.15, -0.1) is 0 Å². The van der Waals surface area contributed by atoms with E-state index in [2.05, 4.69) is 17.1 Å². The molecule has 1 N–H and O–H groups in total. The zero-order valence-electron chi connectivity index (χ0n) is 8.78. The molecule has 0 radical (unpaired) electrons.